The van der Waals surface area contributed by atoms with Crippen molar-refractivity contribution in [1.29, 1.82) is 0 Å². The molecule has 0 saturated carbocycles. The summed E-state index contributed by atoms with van der Waals surface area (Å²) >= 11 is 3.49. The largest absolute Gasteiger partial charge is 0.468 e. The zero-order valence-corrected chi connectivity index (χ0v) is 14.6. The van der Waals surface area contributed by atoms with Crippen LogP contribution in [0.3, 0.4) is 0 Å². The molecule has 0 aliphatic heterocycles. The Morgan fingerprint density at radius 1 is 1.45 bits per heavy atom. The maximum atomic E-state index is 12.1. The number of nitrogens with zero attached hydrogens (tertiary/aromatic N) is 1. The van der Waals surface area contributed by atoms with Gasteiger partial charge in [-0.25, -0.2) is 4.79 Å². The van der Waals surface area contributed by atoms with Crippen molar-refractivity contribution >= 4 is 29.1 Å². The van der Waals surface area contributed by atoms with Crippen molar-refractivity contribution in [2.75, 3.05) is 19.3 Å². The van der Waals surface area contributed by atoms with Gasteiger partial charge in [-0.3, -0.25) is 0 Å². The molecule has 2 rings (SSSR count). The molecule has 4 nitrogen and oxygen atoms in total. The van der Waals surface area contributed by atoms with E-state index in [4.69, 9.17) is 4.42 Å². The standard InChI is InChI=1S/C16H22N2O2S2/c1-13(15-7-4-11-22-15)18(2)16(19)17-8-5-10-21-12-14-6-3-9-20-14/h3-4,6-7,9,11,13H,5,8,10,12H2,1-2H3,(H,17,19). The molecule has 0 bridgehead atoms. The van der Waals surface area contributed by atoms with Crippen LogP contribution in [0.2, 0.25) is 0 Å². The van der Waals surface area contributed by atoms with E-state index < -0.39 is 0 Å². The third-order valence-corrected chi connectivity index (χ3v) is 5.53. The number of hydrogen-bond donors (Lipinski definition) is 1. The Morgan fingerprint density at radius 3 is 3.00 bits per heavy atom. The Balaban J connectivity index is 1.59. The molecule has 0 saturated heterocycles. The highest BCUT2D eigenvalue weighted by Gasteiger charge is 2.17. The van der Waals surface area contributed by atoms with E-state index >= 15 is 0 Å². The molecule has 0 radical (unpaired) electrons. The summed E-state index contributed by atoms with van der Waals surface area (Å²) in [7, 11) is 1.84. The van der Waals surface area contributed by atoms with Crippen LogP contribution >= 0.6 is 23.1 Å². The molecule has 0 spiro atoms. The molecule has 2 heterocycles. The molecule has 2 amide bonds. The second kappa shape index (κ2) is 8.90. The van der Waals surface area contributed by atoms with Crippen LogP contribution in [0, 0.1) is 0 Å². The van der Waals surface area contributed by atoms with Gasteiger partial charge in [0.2, 0.25) is 0 Å². The molecule has 1 N–H and O–H groups in total. The highest BCUT2D eigenvalue weighted by molar-refractivity contribution is 7.98. The van der Waals surface area contributed by atoms with Gasteiger partial charge in [0, 0.05) is 18.5 Å². The van der Waals surface area contributed by atoms with Crippen molar-refractivity contribution in [3.05, 3.63) is 46.5 Å². The third kappa shape index (κ3) is 5.10. The van der Waals surface area contributed by atoms with Crippen LogP contribution in [-0.4, -0.2) is 30.3 Å². The minimum absolute atomic E-state index is 0.0167. The fourth-order valence-corrected chi connectivity index (χ4v) is 3.64. The van der Waals surface area contributed by atoms with Crippen molar-refractivity contribution in [2.45, 2.75) is 25.1 Å². The maximum absolute atomic E-state index is 12.1. The van der Waals surface area contributed by atoms with E-state index in [1.165, 1.54) is 4.88 Å². The number of urea groups is 1. The van der Waals surface area contributed by atoms with E-state index in [0.29, 0.717) is 6.54 Å². The Bertz CT molecular complexity index is 541. The molecule has 120 valence electrons. The van der Waals surface area contributed by atoms with E-state index in [-0.39, 0.29) is 12.1 Å². The van der Waals surface area contributed by atoms with Crippen molar-refractivity contribution in [1.82, 2.24) is 10.2 Å². The van der Waals surface area contributed by atoms with Crippen LogP contribution in [0.1, 0.15) is 30.0 Å². The first-order valence-electron chi connectivity index (χ1n) is 7.32. The molecular weight excluding hydrogens is 316 g/mol. The summed E-state index contributed by atoms with van der Waals surface area (Å²) in [4.78, 5) is 15.0. The molecule has 6 heteroatoms. The van der Waals surface area contributed by atoms with Crippen molar-refractivity contribution < 1.29 is 9.21 Å². The van der Waals surface area contributed by atoms with Gasteiger partial charge in [-0.05, 0) is 42.7 Å². The highest BCUT2D eigenvalue weighted by atomic mass is 32.2. The number of hydrogen-bond acceptors (Lipinski definition) is 4. The zero-order valence-electron chi connectivity index (χ0n) is 13.0. The monoisotopic (exact) mass is 338 g/mol. The minimum atomic E-state index is -0.0167. The second-order valence-corrected chi connectivity index (χ2v) is 7.10. The van der Waals surface area contributed by atoms with Gasteiger partial charge in [0.05, 0.1) is 18.1 Å². The topological polar surface area (TPSA) is 45.5 Å². The molecule has 2 aromatic rings. The summed E-state index contributed by atoms with van der Waals surface area (Å²) in [5.74, 6) is 2.89. The summed E-state index contributed by atoms with van der Waals surface area (Å²) in [5.41, 5.74) is 0. The van der Waals surface area contributed by atoms with Gasteiger partial charge in [0.15, 0.2) is 0 Å². The van der Waals surface area contributed by atoms with Crippen LogP contribution < -0.4 is 5.32 Å². The molecule has 1 unspecified atom stereocenters. The predicted octanol–water partition coefficient (Wildman–Crippen LogP) is 4.37. The molecule has 0 aromatic carbocycles. The lowest BCUT2D eigenvalue weighted by Gasteiger charge is -2.24. The zero-order chi connectivity index (χ0) is 15.8. The van der Waals surface area contributed by atoms with E-state index in [1.54, 1.807) is 22.5 Å². The smallest absolute Gasteiger partial charge is 0.317 e. The van der Waals surface area contributed by atoms with E-state index in [2.05, 4.69) is 11.4 Å². The molecule has 0 fully saturated rings. The molecule has 22 heavy (non-hydrogen) atoms. The number of carbonyl (C=O) groups excluding carboxylic acids is 1. The number of furan rings is 1. The fourth-order valence-electron chi connectivity index (χ4n) is 1.96. The van der Waals surface area contributed by atoms with Crippen molar-refractivity contribution in [3.8, 4) is 0 Å². The first-order valence-corrected chi connectivity index (χ1v) is 9.36. The highest BCUT2D eigenvalue weighted by Crippen LogP contribution is 2.23. The van der Waals surface area contributed by atoms with Gasteiger partial charge in [0.1, 0.15) is 5.76 Å². The average molecular weight is 338 g/mol. The Labute approximate surface area is 139 Å². The molecular formula is C16H22N2O2S2. The van der Waals surface area contributed by atoms with E-state index in [0.717, 1.165) is 23.7 Å². The lowest BCUT2D eigenvalue weighted by molar-refractivity contribution is 0.195. The summed E-state index contributed by atoms with van der Waals surface area (Å²) in [6, 6.07) is 8.05. The normalized spacial score (nSPS) is 12.1. The van der Waals surface area contributed by atoms with Gasteiger partial charge >= 0.3 is 6.03 Å². The van der Waals surface area contributed by atoms with Gasteiger partial charge in [-0.2, -0.15) is 11.8 Å². The lowest BCUT2D eigenvalue weighted by Crippen LogP contribution is -2.39. The number of carbonyl (C=O) groups is 1. The number of amides is 2. The van der Waals surface area contributed by atoms with E-state index in [9.17, 15) is 4.79 Å². The number of nitrogens with one attached hydrogen (secondary N) is 1. The molecule has 2 aromatic heterocycles. The summed E-state index contributed by atoms with van der Waals surface area (Å²) in [6.45, 7) is 2.75. The summed E-state index contributed by atoms with van der Waals surface area (Å²) in [6.07, 6.45) is 2.65. The second-order valence-electron chi connectivity index (χ2n) is 5.02. The molecule has 0 aliphatic rings. The Hall–Kier alpha value is -1.40. The summed E-state index contributed by atoms with van der Waals surface area (Å²) in [5, 5.41) is 5.01. The number of thioether (sulfide) groups is 1. The minimum Gasteiger partial charge on any atom is -0.468 e. The molecule has 0 aliphatic carbocycles. The van der Waals surface area contributed by atoms with Crippen LogP contribution in [0.25, 0.3) is 0 Å². The first kappa shape index (κ1) is 17.0. The van der Waals surface area contributed by atoms with Crippen LogP contribution in [0.4, 0.5) is 4.79 Å². The Morgan fingerprint density at radius 2 is 2.32 bits per heavy atom. The predicted molar refractivity (Wildman–Crippen MR) is 93.4 cm³/mol. The fraction of sp³-hybridized carbons (Fsp3) is 0.438. The number of thiophene rings is 1. The van der Waals surface area contributed by atoms with Crippen LogP contribution in [0.5, 0.6) is 0 Å². The van der Waals surface area contributed by atoms with Gasteiger partial charge in [-0.1, -0.05) is 6.07 Å². The quantitative estimate of drug-likeness (QED) is 0.727. The van der Waals surface area contributed by atoms with Gasteiger partial charge in [-0.15, -0.1) is 11.3 Å². The Kier molecular flexibility index (Phi) is 6.86. The van der Waals surface area contributed by atoms with Crippen LogP contribution in [-0.2, 0) is 5.75 Å². The van der Waals surface area contributed by atoms with Crippen molar-refractivity contribution in [2.24, 2.45) is 0 Å². The van der Waals surface area contributed by atoms with Gasteiger partial charge < -0.3 is 14.6 Å². The van der Waals surface area contributed by atoms with Crippen molar-refractivity contribution in [3.63, 3.8) is 0 Å². The lowest BCUT2D eigenvalue weighted by atomic mass is 10.2. The SMILES string of the molecule is CC(c1cccs1)N(C)C(=O)NCCCSCc1ccco1. The summed E-state index contributed by atoms with van der Waals surface area (Å²) < 4.78 is 5.28. The maximum Gasteiger partial charge on any atom is 0.317 e. The van der Waals surface area contributed by atoms with Crippen LogP contribution in [0.15, 0.2) is 40.3 Å². The number of rotatable bonds is 8. The molecule has 1 atom stereocenters. The third-order valence-electron chi connectivity index (χ3n) is 3.42. The first-order chi connectivity index (χ1) is 10.7. The van der Waals surface area contributed by atoms with Gasteiger partial charge in [0.25, 0.3) is 0 Å². The average Bonchev–Trinajstić information content (AvgIpc) is 3.21. The van der Waals surface area contributed by atoms with E-state index in [1.807, 2.05) is 49.3 Å².